The third-order valence-corrected chi connectivity index (χ3v) is 2.04. The van der Waals surface area contributed by atoms with Gasteiger partial charge in [-0.25, -0.2) is 4.79 Å². The van der Waals surface area contributed by atoms with Crippen LogP contribution in [-0.2, 0) is 0 Å². The van der Waals surface area contributed by atoms with Gasteiger partial charge in [-0.05, 0) is 12.1 Å². The number of nitrogens with zero attached hydrogens (tertiary/aromatic N) is 1. The van der Waals surface area contributed by atoms with Crippen LogP contribution in [0.1, 0.15) is 0 Å². The Labute approximate surface area is 98.4 Å². The molecule has 7 heteroatoms. The lowest BCUT2D eigenvalue weighted by Gasteiger charge is -2.07. The summed E-state index contributed by atoms with van der Waals surface area (Å²) < 4.78 is 0. The van der Waals surface area contributed by atoms with Gasteiger partial charge in [0.15, 0.2) is 0 Å². The normalized spacial score (nSPS) is 9.47. The Balaban J connectivity index is 2.32. The van der Waals surface area contributed by atoms with Crippen LogP contribution >= 0.6 is 0 Å². The fourth-order valence-electron chi connectivity index (χ4n) is 1.17. The molecule has 0 radical (unpaired) electrons. The molecular weight excluding hydrogens is 224 g/mol. The molecule has 0 bridgehead atoms. The standard InChI is InChI=1S/C10H14N4O3/c1-11-10(15)13-7-6-12-8-2-4-9(5-3-8)14(16)17/h2-5,12H,6-7H2,1H3,(H2,11,13,15). The maximum absolute atomic E-state index is 10.8. The van der Waals surface area contributed by atoms with Gasteiger partial charge in [0.2, 0.25) is 0 Å². The number of non-ortho nitro benzene ring substituents is 1. The van der Waals surface area contributed by atoms with Gasteiger partial charge in [0.25, 0.3) is 5.69 Å². The van der Waals surface area contributed by atoms with E-state index in [1.807, 2.05) is 0 Å². The van der Waals surface area contributed by atoms with E-state index in [-0.39, 0.29) is 11.7 Å². The first-order valence-electron chi connectivity index (χ1n) is 5.07. The molecule has 1 aromatic rings. The van der Waals surface area contributed by atoms with Crippen molar-refractivity contribution in [1.82, 2.24) is 10.6 Å². The zero-order valence-corrected chi connectivity index (χ0v) is 9.40. The second-order valence-electron chi connectivity index (χ2n) is 3.24. The molecule has 0 spiro atoms. The molecule has 17 heavy (non-hydrogen) atoms. The number of hydrogen-bond donors (Lipinski definition) is 3. The molecule has 3 N–H and O–H groups in total. The molecule has 0 fully saturated rings. The van der Waals surface area contributed by atoms with Crippen molar-refractivity contribution in [2.45, 2.75) is 0 Å². The zero-order chi connectivity index (χ0) is 12.7. The fourth-order valence-corrected chi connectivity index (χ4v) is 1.17. The summed E-state index contributed by atoms with van der Waals surface area (Å²) in [6.07, 6.45) is 0. The third-order valence-electron chi connectivity index (χ3n) is 2.04. The monoisotopic (exact) mass is 238 g/mol. The van der Waals surface area contributed by atoms with Crippen molar-refractivity contribution in [3.63, 3.8) is 0 Å². The average Bonchev–Trinajstić information content (AvgIpc) is 2.34. The lowest BCUT2D eigenvalue weighted by Crippen LogP contribution is -2.35. The Kier molecular flexibility index (Phi) is 4.74. The number of amides is 2. The maximum atomic E-state index is 10.8. The topological polar surface area (TPSA) is 96.3 Å². The van der Waals surface area contributed by atoms with Crippen molar-refractivity contribution in [1.29, 1.82) is 0 Å². The number of nitro benzene ring substituents is 1. The Morgan fingerprint density at radius 2 is 1.94 bits per heavy atom. The molecule has 0 aromatic heterocycles. The highest BCUT2D eigenvalue weighted by molar-refractivity contribution is 5.73. The van der Waals surface area contributed by atoms with Crippen LogP contribution in [0.3, 0.4) is 0 Å². The fraction of sp³-hybridized carbons (Fsp3) is 0.300. The van der Waals surface area contributed by atoms with E-state index < -0.39 is 4.92 Å². The first-order chi connectivity index (χ1) is 8.13. The number of benzene rings is 1. The predicted octanol–water partition coefficient (Wildman–Crippen LogP) is 0.936. The Bertz CT molecular complexity index is 391. The predicted molar refractivity (Wildman–Crippen MR) is 64.0 cm³/mol. The van der Waals surface area contributed by atoms with Crippen LogP contribution in [0.25, 0.3) is 0 Å². The van der Waals surface area contributed by atoms with Crippen LogP contribution in [0, 0.1) is 10.1 Å². The molecule has 0 saturated carbocycles. The van der Waals surface area contributed by atoms with E-state index in [1.54, 1.807) is 19.2 Å². The first-order valence-corrected chi connectivity index (χ1v) is 5.07. The van der Waals surface area contributed by atoms with Crippen molar-refractivity contribution in [2.75, 3.05) is 25.5 Å². The molecule has 2 amide bonds. The van der Waals surface area contributed by atoms with E-state index in [0.29, 0.717) is 13.1 Å². The van der Waals surface area contributed by atoms with E-state index in [1.165, 1.54) is 12.1 Å². The van der Waals surface area contributed by atoms with Crippen molar-refractivity contribution in [3.8, 4) is 0 Å². The Morgan fingerprint density at radius 3 is 2.47 bits per heavy atom. The van der Waals surface area contributed by atoms with Gasteiger partial charge in [-0.2, -0.15) is 0 Å². The summed E-state index contributed by atoms with van der Waals surface area (Å²) in [5, 5.41) is 18.5. The molecule has 0 heterocycles. The van der Waals surface area contributed by atoms with E-state index in [4.69, 9.17) is 0 Å². The Hall–Kier alpha value is -2.31. The minimum absolute atomic E-state index is 0.0547. The molecule has 1 rings (SSSR count). The van der Waals surface area contributed by atoms with Crippen LogP contribution < -0.4 is 16.0 Å². The number of carbonyl (C=O) groups is 1. The van der Waals surface area contributed by atoms with Crippen LogP contribution in [0.2, 0.25) is 0 Å². The highest BCUT2D eigenvalue weighted by Gasteiger charge is 2.03. The zero-order valence-electron chi connectivity index (χ0n) is 9.40. The minimum Gasteiger partial charge on any atom is -0.383 e. The number of anilines is 1. The first kappa shape index (κ1) is 12.8. The van der Waals surface area contributed by atoms with Crippen LogP contribution in [0.5, 0.6) is 0 Å². The van der Waals surface area contributed by atoms with Gasteiger partial charge in [-0.15, -0.1) is 0 Å². The summed E-state index contributed by atoms with van der Waals surface area (Å²) >= 11 is 0. The smallest absolute Gasteiger partial charge is 0.314 e. The number of carbonyl (C=O) groups excluding carboxylic acids is 1. The largest absolute Gasteiger partial charge is 0.383 e. The summed E-state index contributed by atoms with van der Waals surface area (Å²) in [5.74, 6) is 0. The summed E-state index contributed by atoms with van der Waals surface area (Å²) in [4.78, 5) is 20.8. The molecular formula is C10H14N4O3. The number of urea groups is 1. The van der Waals surface area contributed by atoms with E-state index in [0.717, 1.165) is 5.69 Å². The van der Waals surface area contributed by atoms with E-state index in [2.05, 4.69) is 16.0 Å². The molecule has 0 aliphatic heterocycles. The van der Waals surface area contributed by atoms with E-state index in [9.17, 15) is 14.9 Å². The highest BCUT2D eigenvalue weighted by Crippen LogP contribution is 2.14. The average molecular weight is 238 g/mol. The molecule has 0 aliphatic rings. The maximum Gasteiger partial charge on any atom is 0.314 e. The quantitative estimate of drug-likeness (QED) is 0.404. The second-order valence-corrected chi connectivity index (χ2v) is 3.24. The lowest BCUT2D eigenvalue weighted by molar-refractivity contribution is -0.384. The molecule has 1 aromatic carbocycles. The summed E-state index contributed by atoms with van der Waals surface area (Å²) in [7, 11) is 1.54. The van der Waals surface area contributed by atoms with Crippen molar-refractivity contribution < 1.29 is 9.72 Å². The number of nitrogens with one attached hydrogen (secondary N) is 3. The number of rotatable bonds is 5. The third kappa shape index (κ3) is 4.37. The van der Waals surface area contributed by atoms with Crippen molar-refractivity contribution in [2.24, 2.45) is 0 Å². The van der Waals surface area contributed by atoms with Gasteiger partial charge in [0.05, 0.1) is 4.92 Å². The number of nitro groups is 1. The Morgan fingerprint density at radius 1 is 1.29 bits per heavy atom. The summed E-state index contributed by atoms with van der Waals surface area (Å²) in [6.45, 7) is 1.02. The molecule has 7 nitrogen and oxygen atoms in total. The molecule has 0 unspecified atom stereocenters. The minimum atomic E-state index is -0.447. The summed E-state index contributed by atoms with van der Waals surface area (Å²) in [6, 6.07) is 5.86. The van der Waals surface area contributed by atoms with Crippen LogP contribution in [0.4, 0.5) is 16.2 Å². The van der Waals surface area contributed by atoms with Crippen molar-refractivity contribution in [3.05, 3.63) is 34.4 Å². The van der Waals surface area contributed by atoms with Crippen molar-refractivity contribution >= 4 is 17.4 Å². The van der Waals surface area contributed by atoms with Gasteiger partial charge in [0, 0.05) is 38.0 Å². The lowest BCUT2D eigenvalue weighted by atomic mass is 10.3. The van der Waals surface area contributed by atoms with E-state index >= 15 is 0 Å². The highest BCUT2D eigenvalue weighted by atomic mass is 16.6. The molecule has 0 aliphatic carbocycles. The molecule has 0 atom stereocenters. The SMILES string of the molecule is CNC(=O)NCCNc1ccc([N+](=O)[O-])cc1. The molecule has 0 saturated heterocycles. The van der Waals surface area contributed by atoms with Gasteiger partial charge >= 0.3 is 6.03 Å². The van der Waals surface area contributed by atoms with Gasteiger partial charge in [-0.1, -0.05) is 0 Å². The second kappa shape index (κ2) is 6.31. The van der Waals surface area contributed by atoms with Crippen LogP contribution in [-0.4, -0.2) is 31.1 Å². The van der Waals surface area contributed by atoms with Gasteiger partial charge < -0.3 is 16.0 Å². The summed E-state index contributed by atoms with van der Waals surface area (Å²) in [5.41, 5.74) is 0.827. The van der Waals surface area contributed by atoms with Gasteiger partial charge in [-0.3, -0.25) is 10.1 Å². The number of hydrogen-bond acceptors (Lipinski definition) is 4. The molecule has 92 valence electrons. The van der Waals surface area contributed by atoms with Gasteiger partial charge in [0.1, 0.15) is 0 Å². The van der Waals surface area contributed by atoms with Crippen LogP contribution in [0.15, 0.2) is 24.3 Å².